The minimum atomic E-state index is -4.36. The zero-order valence-electron chi connectivity index (χ0n) is 10.5. The second-order valence-electron chi connectivity index (χ2n) is 3.95. The average molecular weight is 355 g/mol. The molecular formula is C12H12NO4SY-. The molecule has 7 heteroatoms. The van der Waals surface area contributed by atoms with Gasteiger partial charge in [-0.15, -0.1) is 12.7 Å². The Morgan fingerprint density at radius 3 is 2.37 bits per heavy atom. The van der Waals surface area contributed by atoms with Crippen LogP contribution in [0.2, 0.25) is 0 Å². The monoisotopic (exact) mass is 355 g/mol. The third kappa shape index (κ3) is 3.08. The summed E-state index contributed by atoms with van der Waals surface area (Å²) in [4.78, 5) is -0.291. The Kier molecular flexibility index (Phi) is 4.95. The fraction of sp³-hybridized carbons (Fsp3) is 0.167. The van der Waals surface area contributed by atoms with E-state index in [-0.39, 0.29) is 48.9 Å². The number of hydrogen-bond donors (Lipinski definition) is 2. The summed E-state index contributed by atoms with van der Waals surface area (Å²) >= 11 is 0. The van der Waals surface area contributed by atoms with Gasteiger partial charge in [0.15, 0.2) is 0 Å². The predicted molar refractivity (Wildman–Crippen MR) is 69.1 cm³/mol. The van der Waals surface area contributed by atoms with Crippen molar-refractivity contribution in [3.8, 4) is 5.75 Å². The maximum Gasteiger partial charge on any atom is 0.294 e. The van der Waals surface area contributed by atoms with Gasteiger partial charge in [-0.1, -0.05) is 18.2 Å². The van der Waals surface area contributed by atoms with E-state index >= 15 is 0 Å². The fourth-order valence-electron chi connectivity index (χ4n) is 1.86. The van der Waals surface area contributed by atoms with Crippen LogP contribution in [0.25, 0.3) is 16.1 Å². The third-order valence-electron chi connectivity index (χ3n) is 2.84. The summed E-state index contributed by atoms with van der Waals surface area (Å²) in [6.07, 6.45) is 0. The van der Waals surface area contributed by atoms with Crippen molar-refractivity contribution in [3.63, 3.8) is 0 Å². The zero-order chi connectivity index (χ0) is 13.5. The van der Waals surface area contributed by atoms with Crippen LogP contribution in [0.15, 0.2) is 29.2 Å². The molecule has 0 amide bonds. The molecule has 99 valence electrons. The first kappa shape index (κ1) is 16.4. The maximum absolute atomic E-state index is 11.2. The van der Waals surface area contributed by atoms with Gasteiger partial charge in [-0.3, -0.25) is 4.55 Å². The van der Waals surface area contributed by atoms with Crippen molar-refractivity contribution in [1.29, 1.82) is 0 Å². The van der Waals surface area contributed by atoms with Crippen LogP contribution >= 0.6 is 0 Å². The molecule has 0 aliphatic heterocycles. The minimum Gasteiger partial charge on any atom is -0.687 e. The summed E-state index contributed by atoms with van der Waals surface area (Å²) in [5, 5.41) is 15.0. The molecule has 2 aromatic rings. The number of benzene rings is 2. The van der Waals surface area contributed by atoms with Crippen LogP contribution < -0.4 is 0 Å². The van der Waals surface area contributed by atoms with Crippen LogP contribution in [-0.2, 0) is 42.8 Å². The van der Waals surface area contributed by atoms with E-state index in [2.05, 4.69) is 5.32 Å². The van der Waals surface area contributed by atoms with Crippen LogP contribution in [-0.4, -0.2) is 25.1 Å². The molecule has 0 aliphatic carbocycles. The molecule has 5 nitrogen and oxygen atoms in total. The Morgan fingerprint density at radius 2 is 1.84 bits per heavy atom. The van der Waals surface area contributed by atoms with Gasteiger partial charge in [0.05, 0.1) is 0 Å². The molecule has 0 aliphatic rings. The summed E-state index contributed by atoms with van der Waals surface area (Å²) in [5.41, 5.74) is 0.790. The molecule has 0 fully saturated rings. The van der Waals surface area contributed by atoms with Gasteiger partial charge in [-0.25, -0.2) is 0 Å². The molecule has 1 radical (unpaired) electrons. The summed E-state index contributed by atoms with van der Waals surface area (Å²) in [5.74, 6) is -0.150. The standard InChI is InChI=1S/C12H12NO4S.Y/c1-7-11(18(15,16)17)6-8-5-9(13-2)3-4-10(8)12(7)14;/h3-6,14H,1-2H3,(H,15,16,17);/q-1;. The van der Waals surface area contributed by atoms with Gasteiger partial charge in [0.25, 0.3) is 10.1 Å². The molecule has 2 N–H and O–H groups in total. The van der Waals surface area contributed by atoms with Crippen molar-refractivity contribution in [2.75, 3.05) is 7.05 Å². The number of phenols is 1. The van der Waals surface area contributed by atoms with Crippen molar-refractivity contribution in [2.45, 2.75) is 11.8 Å². The second-order valence-corrected chi connectivity index (χ2v) is 5.34. The second kappa shape index (κ2) is 5.75. The van der Waals surface area contributed by atoms with Gasteiger partial charge in [0, 0.05) is 43.7 Å². The molecule has 19 heavy (non-hydrogen) atoms. The third-order valence-corrected chi connectivity index (χ3v) is 3.82. The van der Waals surface area contributed by atoms with E-state index in [4.69, 9.17) is 4.55 Å². The quantitative estimate of drug-likeness (QED) is 0.811. The van der Waals surface area contributed by atoms with Crippen LogP contribution in [0.4, 0.5) is 5.69 Å². The normalized spacial score (nSPS) is 11.1. The predicted octanol–water partition coefficient (Wildman–Crippen LogP) is 2.73. The molecule has 0 aromatic heterocycles. The van der Waals surface area contributed by atoms with E-state index in [1.807, 2.05) is 0 Å². The van der Waals surface area contributed by atoms with Crippen LogP contribution in [0, 0.1) is 6.92 Å². The van der Waals surface area contributed by atoms with Crippen LogP contribution in [0.5, 0.6) is 5.75 Å². The van der Waals surface area contributed by atoms with E-state index < -0.39 is 10.1 Å². The van der Waals surface area contributed by atoms with Crippen molar-refractivity contribution >= 4 is 26.6 Å². The molecule has 0 saturated heterocycles. The topological polar surface area (TPSA) is 88.7 Å². The van der Waals surface area contributed by atoms with E-state index in [0.29, 0.717) is 16.5 Å². The molecular weight excluding hydrogens is 343 g/mol. The number of rotatable bonds is 2. The van der Waals surface area contributed by atoms with Gasteiger partial charge < -0.3 is 10.4 Å². The Bertz CT molecular complexity index is 728. The van der Waals surface area contributed by atoms with E-state index in [0.717, 1.165) is 0 Å². The zero-order valence-corrected chi connectivity index (χ0v) is 14.1. The van der Waals surface area contributed by atoms with Crippen molar-refractivity contribution in [3.05, 3.63) is 35.1 Å². The van der Waals surface area contributed by atoms with Crippen molar-refractivity contribution in [2.24, 2.45) is 0 Å². The Hall–Kier alpha value is -0.686. The summed E-state index contributed by atoms with van der Waals surface area (Å²) in [6.45, 7) is 1.44. The molecule has 0 saturated carbocycles. The number of aromatic hydroxyl groups is 1. The van der Waals surface area contributed by atoms with Crippen molar-refractivity contribution in [1.82, 2.24) is 0 Å². The first-order chi connectivity index (χ1) is 8.34. The smallest absolute Gasteiger partial charge is 0.294 e. The minimum absolute atomic E-state index is 0. The van der Waals surface area contributed by atoms with E-state index in [1.54, 1.807) is 25.2 Å². The molecule has 0 atom stereocenters. The maximum atomic E-state index is 11.2. The Labute approximate surface area is 136 Å². The molecule has 2 rings (SSSR count). The van der Waals surface area contributed by atoms with Gasteiger partial charge in [-0.2, -0.15) is 8.42 Å². The first-order valence-electron chi connectivity index (χ1n) is 5.18. The average Bonchev–Trinajstić information content (AvgIpc) is 2.31. The first-order valence-corrected chi connectivity index (χ1v) is 6.62. The molecule has 2 aromatic carbocycles. The summed E-state index contributed by atoms with van der Waals surface area (Å²) in [6, 6.07) is 6.35. The Morgan fingerprint density at radius 1 is 1.21 bits per heavy atom. The van der Waals surface area contributed by atoms with Crippen LogP contribution in [0.3, 0.4) is 0 Å². The van der Waals surface area contributed by atoms with Gasteiger partial charge in [0.2, 0.25) is 0 Å². The molecule has 0 heterocycles. The SMILES string of the molecule is C[N-]c1ccc2c(O)c(C)c(S(=O)(=O)O)cc2c1.[Y]. The molecule has 0 unspecified atom stereocenters. The number of fused-ring (bicyclic) bond motifs is 1. The van der Waals surface area contributed by atoms with Crippen LogP contribution in [0.1, 0.15) is 5.56 Å². The van der Waals surface area contributed by atoms with Gasteiger partial charge >= 0.3 is 0 Å². The fourth-order valence-corrected chi connectivity index (χ4v) is 2.62. The van der Waals surface area contributed by atoms with Gasteiger partial charge in [-0.05, 0) is 18.4 Å². The molecule has 0 bridgehead atoms. The van der Waals surface area contributed by atoms with E-state index in [1.165, 1.54) is 13.0 Å². The van der Waals surface area contributed by atoms with Crippen molar-refractivity contribution < 1.29 is 50.8 Å². The molecule has 0 spiro atoms. The van der Waals surface area contributed by atoms with E-state index in [9.17, 15) is 13.5 Å². The summed E-state index contributed by atoms with van der Waals surface area (Å²) in [7, 11) is -2.75. The Balaban J connectivity index is 0.00000180. The number of phenolic OH excluding ortho intramolecular Hbond substituents is 1. The number of nitrogens with zero attached hydrogens (tertiary/aromatic N) is 1. The van der Waals surface area contributed by atoms with Gasteiger partial charge in [0.1, 0.15) is 10.6 Å². The number of hydrogen-bond acceptors (Lipinski definition) is 3. The summed E-state index contributed by atoms with van der Waals surface area (Å²) < 4.78 is 31.6. The largest absolute Gasteiger partial charge is 0.687 e.